The fourth-order valence-electron chi connectivity index (χ4n) is 7.33. The number of aromatic nitrogens is 2. The van der Waals surface area contributed by atoms with Crippen molar-refractivity contribution in [2.75, 3.05) is 32.8 Å². The summed E-state index contributed by atoms with van der Waals surface area (Å²) in [6.45, 7) is 8.75. The van der Waals surface area contributed by atoms with Gasteiger partial charge in [-0.2, -0.15) is 10.2 Å². The van der Waals surface area contributed by atoms with Gasteiger partial charge in [0, 0.05) is 35.5 Å². The van der Waals surface area contributed by atoms with Crippen molar-refractivity contribution in [1.82, 2.24) is 14.2 Å². The quantitative estimate of drug-likeness (QED) is 0.0484. The monoisotopic (exact) mass is 849 g/mol. The van der Waals surface area contributed by atoms with Gasteiger partial charge in [0.1, 0.15) is 23.5 Å². The molecule has 1 unspecified atom stereocenters. The maximum Gasteiger partial charge on any atom is 0.351 e. The number of nitrogens with zero attached hydrogens (tertiary/aromatic N) is 4. The van der Waals surface area contributed by atoms with E-state index in [4.69, 9.17) is 23.3 Å². The van der Waals surface area contributed by atoms with Crippen molar-refractivity contribution in [3.63, 3.8) is 0 Å². The van der Waals surface area contributed by atoms with E-state index in [1.54, 1.807) is 62.5 Å². The summed E-state index contributed by atoms with van der Waals surface area (Å²) in [6, 6.07) is 39.3. The van der Waals surface area contributed by atoms with Crippen molar-refractivity contribution < 1.29 is 28.1 Å². The molecule has 5 aromatic rings. The lowest BCUT2D eigenvalue weighted by atomic mass is 9.84. The second-order valence-corrected chi connectivity index (χ2v) is 17.6. The van der Waals surface area contributed by atoms with Crippen LogP contribution in [0.4, 0.5) is 5.82 Å². The molecule has 0 radical (unpaired) electrons. The van der Waals surface area contributed by atoms with Crippen LogP contribution in [0.1, 0.15) is 73.8 Å². The third-order valence-corrected chi connectivity index (χ3v) is 14.0. The van der Waals surface area contributed by atoms with Gasteiger partial charge in [0.25, 0.3) is 14.4 Å². The first kappa shape index (κ1) is 44.5. The fraction of sp³-hybridized carbons (Fsp3) is 0.348. The van der Waals surface area contributed by atoms with Crippen molar-refractivity contribution in [3.8, 4) is 17.6 Å². The molecule has 4 aromatic carbocycles. The highest BCUT2D eigenvalue weighted by molar-refractivity contribution is 8.01. The molecule has 0 saturated carbocycles. The van der Waals surface area contributed by atoms with Crippen LogP contribution >= 0.6 is 20.3 Å². The van der Waals surface area contributed by atoms with E-state index >= 15 is 0 Å². The summed E-state index contributed by atoms with van der Waals surface area (Å²) in [5.74, 6) is 1.23. The van der Waals surface area contributed by atoms with E-state index in [1.807, 2.05) is 48.5 Å². The van der Waals surface area contributed by atoms with Crippen molar-refractivity contribution in [2.45, 2.75) is 74.9 Å². The van der Waals surface area contributed by atoms with E-state index in [0.29, 0.717) is 12.0 Å². The van der Waals surface area contributed by atoms with E-state index in [-0.39, 0.29) is 48.7 Å². The summed E-state index contributed by atoms with van der Waals surface area (Å²) >= 11 is 1.73. The molecule has 2 heterocycles. The number of methoxy groups -OCH3 is 2. The maximum absolute atomic E-state index is 13.8. The molecule has 1 amide bonds. The highest BCUT2D eigenvalue weighted by atomic mass is 32.2. The lowest BCUT2D eigenvalue weighted by molar-refractivity contribution is -0.0217. The van der Waals surface area contributed by atoms with Crippen LogP contribution in [0.5, 0.6) is 11.5 Å². The average Bonchev–Trinajstić information content (AvgIpc) is 3.66. The SMILES string of the molecule is COc1ccc(C(S[C@H]2C[C@H](n3ccc(NC(=O)c4ccccc4)nc3=O)O[C@@H]2COP(OCCC#N)N(C(C)C)C(C)C)(c2ccccc2)c2ccc(OC)cc2)cc1. The molecule has 12 nitrogen and oxygen atoms in total. The average molecular weight is 850 g/mol. The van der Waals surface area contributed by atoms with E-state index in [9.17, 15) is 14.9 Å². The molecule has 0 bridgehead atoms. The molecule has 0 aliphatic carbocycles. The minimum Gasteiger partial charge on any atom is -0.497 e. The van der Waals surface area contributed by atoms with Crippen LogP contribution in [0.25, 0.3) is 0 Å². The molecule has 1 N–H and O–H groups in total. The van der Waals surface area contributed by atoms with Crippen molar-refractivity contribution in [3.05, 3.63) is 154 Å². The van der Waals surface area contributed by atoms with Crippen molar-refractivity contribution in [1.29, 1.82) is 5.26 Å². The minimum absolute atomic E-state index is 0.0991. The predicted octanol–water partition coefficient (Wildman–Crippen LogP) is 9.19. The molecule has 1 saturated heterocycles. The van der Waals surface area contributed by atoms with Gasteiger partial charge in [0.2, 0.25) is 0 Å². The van der Waals surface area contributed by atoms with Crippen LogP contribution in [-0.4, -0.2) is 71.0 Å². The summed E-state index contributed by atoms with van der Waals surface area (Å²) in [5.41, 5.74) is 2.95. The Morgan fingerprint density at radius 3 is 1.98 bits per heavy atom. The number of hydrogen-bond donors (Lipinski definition) is 1. The van der Waals surface area contributed by atoms with Gasteiger partial charge in [0.05, 0.1) is 50.8 Å². The van der Waals surface area contributed by atoms with Crippen LogP contribution in [0.3, 0.4) is 0 Å². The predicted molar refractivity (Wildman–Crippen MR) is 236 cm³/mol. The number of carbonyl (C=O) groups is 1. The van der Waals surface area contributed by atoms with Crippen LogP contribution in [-0.2, 0) is 18.5 Å². The van der Waals surface area contributed by atoms with Crippen LogP contribution in [0, 0.1) is 11.3 Å². The standard InChI is InChI=1S/C46H52N5O7PS/c1-32(2)51(33(3)4)59(56-29-13-27-47)57-31-40-41(30-43(58-40)50-28-26-42(49-45(50)53)48-44(52)34-14-9-7-10-15-34)60-46(35-16-11-8-12-17-35,36-18-22-38(54-5)23-19-36)37-20-24-39(55-6)25-21-37/h7-12,14-26,28,32-33,40-41,43H,13,29-31H2,1-6H3,(H,48,49,52,53)/t40-,41+,43-,59?/m1/s1. The van der Waals surface area contributed by atoms with E-state index in [2.05, 4.69) is 85.1 Å². The Morgan fingerprint density at radius 2 is 1.45 bits per heavy atom. The number of nitrogens with one attached hydrogen (secondary N) is 1. The molecule has 6 rings (SSSR count). The van der Waals surface area contributed by atoms with Gasteiger partial charge in [-0.25, -0.2) is 9.46 Å². The van der Waals surface area contributed by atoms with E-state index in [0.717, 1.165) is 28.2 Å². The normalized spacial score (nSPS) is 17.1. The van der Waals surface area contributed by atoms with Crippen LogP contribution in [0.15, 0.2) is 126 Å². The molecule has 1 aromatic heterocycles. The largest absolute Gasteiger partial charge is 0.497 e. The van der Waals surface area contributed by atoms with Gasteiger partial charge < -0.3 is 28.6 Å². The lowest BCUT2D eigenvalue weighted by Crippen LogP contribution is -2.36. The topological polar surface area (TPSA) is 137 Å². The van der Waals surface area contributed by atoms with Crippen molar-refractivity contribution in [2.24, 2.45) is 0 Å². The third kappa shape index (κ3) is 10.4. The molecule has 1 aliphatic heterocycles. The minimum atomic E-state index is -1.59. The number of benzene rings is 4. The number of ether oxygens (including phenoxy) is 3. The first-order valence-corrected chi connectivity index (χ1v) is 21.9. The zero-order chi connectivity index (χ0) is 42.6. The Morgan fingerprint density at radius 1 is 0.883 bits per heavy atom. The highest BCUT2D eigenvalue weighted by Crippen LogP contribution is 2.55. The summed E-state index contributed by atoms with van der Waals surface area (Å²) in [4.78, 5) is 30.9. The lowest BCUT2D eigenvalue weighted by Gasteiger charge is -2.39. The Labute approximate surface area is 357 Å². The van der Waals surface area contributed by atoms with Gasteiger partial charge >= 0.3 is 5.69 Å². The molecule has 314 valence electrons. The zero-order valence-electron chi connectivity index (χ0n) is 34.8. The first-order valence-electron chi connectivity index (χ1n) is 19.9. The maximum atomic E-state index is 13.8. The molecular formula is C46H52N5O7PS. The first-order chi connectivity index (χ1) is 29.1. The van der Waals surface area contributed by atoms with E-state index in [1.165, 1.54) is 4.57 Å². The van der Waals surface area contributed by atoms with Gasteiger partial charge in [-0.05, 0) is 86.8 Å². The zero-order valence-corrected chi connectivity index (χ0v) is 36.5. The van der Waals surface area contributed by atoms with Gasteiger partial charge in [-0.15, -0.1) is 11.8 Å². The molecule has 60 heavy (non-hydrogen) atoms. The van der Waals surface area contributed by atoms with Gasteiger partial charge in [0.15, 0.2) is 0 Å². The second kappa shape index (κ2) is 21.0. The molecule has 1 aliphatic rings. The van der Waals surface area contributed by atoms with E-state index < -0.39 is 31.3 Å². The summed E-state index contributed by atoms with van der Waals surface area (Å²) < 4.78 is 33.9. The molecule has 0 spiro atoms. The Bertz CT molecular complexity index is 2180. The number of anilines is 1. The fourth-order valence-corrected chi connectivity index (χ4v) is 10.8. The Kier molecular flexibility index (Phi) is 15.5. The van der Waals surface area contributed by atoms with Crippen LogP contribution in [0.2, 0.25) is 0 Å². The number of thioether (sulfide) groups is 1. The Balaban J connectivity index is 1.42. The van der Waals surface area contributed by atoms with Gasteiger partial charge in [-0.3, -0.25) is 9.36 Å². The molecule has 1 fully saturated rings. The number of rotatable bonds is 19. The molecule has 4 atom stereocenters. The molecule has 14 heteroatoms. The number of amides is 1. The smallest absolute Gasteiger partial charge is 0.351 e. The number of carbonyl (C=O) groups excluding carboxylic acids is 1. The second-order valence-electron chi connectivity index (χ2n) is 14.7. The van der Waals surface area contributed by atoms with Crippen LogP contribution < -0.4 is 20.5 Å². The highest BCUT2D eigenvalue weighted by Gasteiger charge is 2.47. The number of hydrogen-bond acceptors (Lipinski definition) is 11. The summed E-state index contributed by atoms with van der Waals surface area (Å²) in [7, 11) is 1.71. The van der Waals surface area contributed by atoms with Gasteiger partial charge in [-0.1, -0.05) is 72.8 Å². The summed E-state index contributed by atoms with van der Waals surface area (Å²) in [5, 5.41) is 11.8. The summed E-state index contributed by atoms with van der Waals surface area (Å²) in [6.07, 6.45) is 1.01. The molecular weight excluding hydrogens is 798 g/mol. The number of nitriles is 1. The third-order valence-electron chi connectivity index (χ3n) is 10.1. The van der Waals surface area contributed by atoms with Crippen molar-refractivity contribution >= 4 is 32.0 Å². The Hall–Kier alpha value is -5.06.